The Morgan fingerprint density at radius 3 is 2.38 bits per heavy atom. The molecule has 0 aliphatic rings. The third kappa shape index (κ3) is 7.88. The quantitative estimate of drug-likeness (QED) is 0.345. The van der Waals surface area contributed by atoms with Crippen molar-refractivity contribution >= 4 is 34.8 Å². The summed E-state index contributed by atoms with van der Waals surface area (Å²) in [4.78, 5) is 0. The average Bonchev–Trinajstić information content (AvgIpc) is 2.70. The second-order valence-corrected chi connectivity index (χ2v) is 7.82. The second-order valence-electron chi connectivity index (χ2n) is 6.59. The maximum Gasteiger partial charge on any atom is 0.180 e. The minimum atomic E-state index is 0.199. The number of hydrogen-bond donors (Lipinski definition) is 1. The van der Waals surface area contributed by atoms with E-state index in [1.807, 2.05) is 12.1 Å². The van der Waals surface area contributed by atoms with E-state index < -0.39 is 0 Å². The van der Waals surface area contributed by atoms with Crippen molar-refractivity contribution in [1.29, 1.82) is 0 Å². The van der Waals surface area contributed by atoms with E-state index in [1.165, 1.54) is 0 Å². The standard InChI is InChI=1S/C22H28Cl3NO3/c1-3-4-10-28-11-6-9-26-14-16-12-20(25)22(21(13-16)27-2)29-15-17-18(23)7-5-8-19(17)24/h5,7-8,12-13,26H,3-4,6,9-11,14-15H2,1-2H3. The molecule has 2 aromatic carbocycles. The zero-order valence-corrected chi connectivity index (χ0v) is 19.2. The molecule has 0 amide bonds. The van der Waals surface area contributed by atoms with E-state index in [0.29, 0.717) is 38.7 Å². The number of unbranched alkanes of at least 4 members (excludes halogenated alkanes) is 1. The SMILES string of the molecule is CCCCOCCCNCc1cc(Cl)c(OCc2c(Cl)cccc2Cl)c(OC)c1. The van der Waals surface area contributed by atoms with Gasteiger partial charge in [0.1, 0.15) is 6.61 Å². The van der Waals surface area contributed by atoms with Gasteiger partial charge in [-0.05, 0) is 49.2 Å². The van der Waals surface area contributed by atoms with E-state index in [9.17, 15) is 0 Å². The highest BCUT2D eigenvalue weighted by molar-refractivity contribution is 6.36. The Hall–Kier alpha value is -1.17. The van der Waals surface area contributed by atoms with Crippen LogP contribution in [0.15, 0.2) is 30.3 Å². The van der Waals surface area contributed by atoms with Gasteiger partial charge in [-0.3, -0.25) is 0 Å². The van der Waals surface area contributed by atoms with Gasteiger partial charge in [-0.1, -0.05) is 54.2 Å². The van der Waals surface area contributed by atoms with Crippen LogP contribution in [0.25, 0.3) is 0 Å². The first-order valence-electron chi connectivity index (χ1n) is 9.77. The van der Waals surface area contributed by atoms with Crippen LogP contribution in [0.1, 0.15) is 37.3 Å². The molecule has 0 unspecified atom stereocenters. The molecule has 0 aliphatic heterocycles. The lowest BCUT2D eigenvalue weighted by atomic mass is 10.2. The van der Waals surface area contributed by atoms with Crippen LogP contribution in [-0.4, -0.2) is 26.9 Å². The van der Waals surface area contributed by atoms with Crippen molar-refractivity contribution in [1.82, 2.24) is 5.32 Å². The van der Waals surface area contributed by atoms with Crippen molar-refractivity contribution in [3.63, 3.8) is 0 Å². The lowest BCUT2D eigenvalue weighted by Crippen LogP contribution is -2.16. The van der Waals surface area contributed by atoms with Crippen LogP contribution < -0.4 is 14.8 Å². The van der Waals surface area contributed by atoms with E-state index >= 15 is 0 Å². The van der Waals surface area contributed by atoms with Crippen LogP contribution >= 0.6 is 34.8 Å². The van der Waals surface area contributed by atoms with Gasteiger partial charge >= 0.3 is 0 Å². The van der Waals surface area contributed by atoms with Gasteiger partial charge < -0.3 is 19.5 Å². The molecule has 0 spiro atoms. The largest absolute Gasteiger partial charge is 0.493 e. The topological polar surface area (TPSA) is 39.7 Å². The Balaban J connectivity index is 1.90. The molecule has 0 heterocycles. The number of nitrogens with one attached hydrogen (secondary N) is 1. The molecule has 0 radical (unpaired) electrons. The Kier molecular flexibility index (Phi) is 11.0. The monoisotopic (exact) mass is 459 g/mol. The highest BCUT2D eigenvalue weighted by Gasteiger charge is 2.14. The van der Waals surface area contributed by atoms with Crippen molar-refractivity contribution in [3.8, 4) is 11.5 Å². The fraction of sp³-hybridized carbons (Fsp3) is 0.455. The minimum absolute atomic E-state index is 0.199. The van der Waals surface area contributed by atoms with Crippen molar-refractivity contribution < 1.29 is 14.2 Å². The Morgan fingerprint density at radius 2 is 1.69 bits per heavy atom. The molecule has 1 N–H and O–H groups in total. The van der Waals surface area contributed by atoms with Crippen molar-refractivity contribution in [2.75, 3.05) is 26.9 Å². The molecule has 4 nitrogen and oxygen atoms in total. The van der Waals surface area contributed by atoms with Crippen LogP contribution in [0.2, 0.25) is 15.1 Å². The summed E-state index contributed by atoms with van der Waals surface area (Å²) in [6, 6.07) is 9.13. The second kappa shape index (κ2) is 13.2. The van der Waals surface area contributed by atoms with Crippen LogP contribution in [0.5, 0.6) is 11.5 Å². The number of rotatable bonds is 13. The van der Waals surface area contributed by atoms with Gasteiger partial charge in [-0.25, -0.2) is 0 Å². The van der Waals surface area contributed by atoms with Gasteiger partial charge in [0.05, 0.1) is 12.1 Å². The number of halogens is 3. The number of methoxy groups -OCH3 is 1. The molecule has 0 bridgehead atoms. The van der Waals surface area contributed by atoms with Gasteiger partial charge in [-0.2, -0.15) is 0 Å². The molecular weight excluding hydrogens is 433 g/mol. The first kappa shape index (κ1) is 24.1. The van der Waals surface area contributed by atoms with Gasteiger partial charge in [0.25, 0.3) is 0 Å². The first-order chi connectivity index (χ1) is 14.1. The molecule has 29 heavy (non-hydrogen) atoms. The number of ether oxygens (including phenoxy) is 3. The summed E-state index contributed by atoms with van der Waals surface area (Å²) in [7, 11) is 1.59. The fourth-order valence-corrected chi connectivity index (χ4v) is 3.50. The van der Waals surface area contributed by atoms with Crippen LogP contribution in [-0.2, 0) is 17.9 Å². The maximum absolute atomic E-state index is 6.45. The Labute approximate surface area is 188 Å². The Bertz CT molecular complexity index is 751. The summed E-state index contributed by atoms with van der Waals surface area (Å²) in [5.74, 6) is 1.04. The smallest absolute Gasteiger partial charge is 0.180 e. The lowest BCUT2D eigenvalue weighted by Gasteiger charge is -2.15. The molecule has 7 heteroatoms. The summed E-state index contributed by atoms with van der Waals surface area (Å²) in [5, 5.41) is 4.97. The molecule has 0 fully saturated rings. The van der Waals surface area contributed by atoms with Gasteiger partial charge in [0.2, 0.25) is 0 Å². The summed E-state index contributed by atoms with van der Waals surface area (Å²) in [6.45, 7) is 5.52. The predicted molar refractivity (Wildman–Crippen MR) is 121 cm³/mol. The Morgan fingerprint density at radius 1 is 0.966 bits per heavy atom. The first-order valence-corrected chi connectivity index (χ1v) is 10.9. The normalized spacial score (nSPS) is 10.9. The van der Waals surface area contributed by atoms with E-state index in [2.05, 4.69) is 12.2 Å². The lowest BCUT2D eigenvalue weighted by molar-refractivity contribution is 0.129. The predicted octanol–water partition coefficient (Wildman–Crippen LogP) is 6.53. The van der Waals surface area contributed by atoms with Crippen LogP contribution in [0, 0.1) is 0 Å². The summed E-state index contributed by atoms with van der Waals surface area (Å²) >= 11 is 18.9. The van der Waals surface area contributed by atoms with Gasteiger partial charge in [0, 0.05) is 35.4 Å². The average molecular weight is 461 g/mol. The van der Waals surface area contributed by atoms with Gasteiger partial charge in [0.15, 0.2) is 11.5 Å². The van der Waals surface area contributed by atoms with E-state index in [4.69, 9.17) is 49.0 Å². The molecule has 0 aromatic heterocycles. The highest BCUT2D eigenvalue weighted by Crippen LogP contribution is 2.38. The van der Waals surface area contributed by atoms with Crippen molar-refractivity contribution in [2.24, 2.45) is 0 Å². The zero-order chi connectivity index (χ0) is 21.1. The minimum Gasteiger partial charge on any atom is -0.493 e. The number of hydrogen-bond acceptors (Lipinski definition) is 4. The van der Waals surface area contributed by atoms with Crippen molar-refractivity contribution in [2.45, 2.75) is 39.3 Å². The summed E-state index contributed by atoms with van der Waals surface area (Å²) in [6.07, 6.45) is 3.24. The fourth-order valence-electron chi connectivity index (χ4n) is 2.71. The van der Waals surface area contributed by atoms with Crippen LogP contribution in [0.3, 0.4) is 0 Å². The van der Waals surface area contributed by atoms with E-state index in [0.717, 1.165) is 44.6 Å². The molecular formula is C22H28Cl3NO3. The summed E-state index contributed by atoms with van der Waals surface area (Å²) < 4.78 is 16.9. The molecule has 0 aliphatic carbocycles. The van der Waals surface area contributed by atoms with E-state index in [-0.39, 0.29) is 6.61 Å². The molecule has 2 rings (SSSR count). The third-order valence-corrected chi connectivity index (χ3v) is 5.31. The molecule has 0 atom stereocenters. The van der Waals surface area contributed by atoms with Gasteiger partial charge in [-0.15, -0.1) is 0 Å². The molecule has 2 aromatic rings. The number of benzene rings is 2. The molecule has 160 valence electrons. The highest BCUT2D eigenvalue weighted by atomic mass is 35.5. The van der Waals surface area contributed by atoms with E-state index in [1.54, 1.807) is 25.3 Å². The zero-order valence-electron chi connectivity index (χ0n) is 16.9. The molecule has 0 saturated heterocycles. The maximum atomic E-state index is 6.45. The molecule has 0 saturated carbocycles. The third-order valence-electron chi connectivity index (χ3n) is 4.33. The van der Waals surface area contributed by atoms with Crippen molar-refractivity contribution in [3.05, 3.63) is 56.5 Å². The van der Waals surface area contributed by atoms with Crippen LogP contribution in [0.4, 0.5) is 0 Å². The summed E-state index contributed by atoms with van der Waals surface area (Å²) in [5.41, 5.74) is 1.72.